The van der Waals surface area contributed by atoms with Gasteiger partial charge in [0.05, 0.1) is 6.54 Å². The highest BCUT2D eigenvalue weighted by Crippen LogP contribution is 2.44. The molecule has 1 aliphatic carbocycles. The molecule has 0 aromatic heterocycles. The molecule has 0 bridgehead atoms. The Morgan fingerprint density at radius 3 is 2.21 bits per heavy atom. The number of carboxylic acids is 1. The third-order valence-electron chi connectivity index (χ3n) is 5.58. The maximum absolute atomic E-state index is 12.4. The van der Waals surface area contributed by atoms with Crippen LogP contribution in [0.2, 0.25) is 0 Å². The number of fused-ring (bicyclic) bond motifs is 3. The Balaban J connectivity index is 1.53. The number of hydrogen-bond donors (Lipinski definition) is 3. The summed E-state index contributed by atoms with van der Waals surface area (Å²) in [5.74, 6) is -1.20. The zero-order valence-corrected chi connectivity index (χ0v) is 19.4. The Hall–Kier alpha value is -3.04. The summed E-state index contributed by atoms with van der Waals surface area (Å²) in [5.41, 5.74) is 4.47. The van der Waals surface area contributed by atoms with Crippen LogP contribution in [-0.4, -0.2) is 67.5 Å². The van der Waals surface area contributed by atoms with E-state index in [4.69, 9.17) is 9.47 Å². The summed E-state index contributed by atoms with van der Waals surface area (Å²) in [7, 11) is 1.32. The van der Waals surface area contributed by atoms with Gasteiger partial charge in [-0.2, -0.15) is 11.8 Å². The molecule has 0 fully saturated rings. The predicted octanol–water partition coefficient (Wildman–Crippen LogP) is 2.86. The lowest BCUT2D eigenvalue weighted by molar-refractivity contribution is -0.143. The Bertz CT molecular complexity index is 953. The van der Waals surface area contributed by atoms with Crippen LogP contribution in [0.15, 0.2) is 48.5 Å². The topological polar surface area (TPSA) is 114 Å². The van der Waals surface area contributed by atoms with Gasteiger partial charge < -0.3 is 25.2 Å². The summed E-state index contributed by atoms with van der Waals surface area (Å²) < 4.78 is 10.6. The highest BCUT2D eigenvalue weighted by atomic mass is 32.2. The molecule has 9 heteroatoms. The second kappa shape index (κ2) is 11.7. The Labute approximate surface area is 197 Å². The van der Waals surface area contributed by atoms with Crippen LogP contribution in [0, 0.1) is 0 Å². The standard InChI is InChI=1S/C24H28N2O6S/c1-31-21(22(27)26-20(23(28)29)11-12-33-2)13-25-24(30)32-14-19-17-9-5-3-7-15(17)16-8-4-6-10-18(16)19/h3-10,19-21H,11-14H2,1-2H3,(H,25,30)(H,26,27)(H,28,29)/t20-,21?/m1/s1. The Morgan fingerprint density at radius 2 is 1.67 bits per heavy atom. The van der Waals surface area contributed by atoms with E-state index in [2.05, 4.69) is 22.8 Å². The van der Waals surface area contributed by atoms with E-state index in [1.54, 1.807) is 0 Å². The number of alkyl carbamates (subject to hydrolysis) is 1. The Kier molecular flexibility index (Phi) is 8.73. The van der Waals surface area contributed by atoms with Crippen LogP contribution in [-0.2, 0) is 19.1 Å². The van der Waals surface area contributed by atoms with Gasteiger partial charge in [0.25, 0.3) is 5.91 Å². The van der Waals surface area contributed by atoms with Gasteiger partial charge in [-0.3, -0.25) is 4.79 Å². The molecular formula is C24H28N2O6S. The van der Waals surface area contributed by atoms with Crippen molar-refractivity contribution in [3.8, 4) is 11.1 Å². The average Bonchev–Trinajstić information content (AvgIpc) is 3.14. The average molecular weight is 473 g/mol. The number of rotatable bonds is 11. The first kappa shape index (κ1) is 24.6. The molecule has 0 radical (unpaired) electrons. The zero-order chi connectivity index (χ0) is 23.8. The van der Waals surface area contributed by atoms with Crippen LogP contribution in [0.25, 0.3) is 11.1 Å². The number of thioether (sulfide) groups is 1. The van der Waals surface area contributed by atoms with E-state index in [9.17, 15) is 19.5 Å². The number of nitrogens with one attached hydrogen (secondary N) is 2. The molecule has 0 spiro atoms. The monoisotopic (exact) mass is 472 g/mol. The molecule has 176 valence electrons. The Morgan fingerprint density at radius 1 is 1.06 bits per heavy atom. The maximum Gasteiger partial charge on any atom is 0.407 e. The molecule has 33 heavy (non-hydrogen) atoms. The predicted molar refractivity (Wildman–Crippen MR) is 126 cm³/mol. The van der Waals surface area contributed by atoms with Crippen molar-refractivity contribution in [2.75, 3.05) is 32.3 Å². The van der Waals surface area contributed by atoms with E-state index in [1.165, 1.54) is 18.9 Å². The minimum Gasteiger partial charge on any atom is -0.480 e. The number of carboxylic acid groups (broad SMARTS) is 1. The molecular weight excluding hydrogens is 444 g/mol. The lowest BCUT2D eigenvalue weighted by Crippen LogP contribution is -2.49. The van der Waals surface area contributed by atoms with Crippen LogP contribution >= 0.6 is 11.8 Å². The van der Waals surface area contributed by atoms with Crippen molar-refractivity contribution in [3.63, 3.8) is 0 Å². The first-order valence-electron chi connectivity index (χ1n) is 10.6. The fourth-order valence-corrected chi connectivity index (χ4v) is 4.34. The lowest BCUT2D eigenvalue weighted by Gasteiger charge is -2.20. The van der Waals surface area contributed by atoms with Crippen molar-refractivity contribution >= 4 is 29.7 Å². The minimum atomic E-state index is -1.11. The van der Waals surface area contributed by atoms with Gasteiger partial charge in [0.1, 0.15) is 12.6 Å². The fraction of sp³-hybridized carbons (Fsp3) is 0.375. The number of hydrogen-bond acceptors (Lipinski definition) is 6. The van der Waals surface area contributed by atoms with Crippen molar-refractivity contribution in [2.45, 2.75) is 24.5 Å². The highest BCUT2D eigenvalue weighted by Gasteiger charge is 2.29. The zero-order valence-electron chi connectivity index (χ0n) is 18.6. The second-order valence-electron chi connectivity index (χ2n) is 7.61. The molecule has 3 rings (SSSR count). The number of carbonyl (C=O) groups excluding carboxylic acids is 2. The molecule has 1 aliphatic rings. The van der Waals surface area contributed by atoms with E-state index < -0.39 is 30.1 Å². The molecule has 3 N–H and O–H groups in total. The van der Waals surface area contributed by atoms with Crippen LogP contribution in [0.5, 0.6) is 0 Å². The number of ether oxygens (including phenoxy) is 2. The summed E-state index contributed by atoms with van der Waals surface area (Å²) in [6.45, 7) is 0.00729. The number of methoxy groups -OCH3 is 1. The summed E-state index contributed by atoms with van der Waals surface area (Å²) in [5, 5.41) is 14.3. The molecule has 2 amide bonds. The van der Waals surface area contributed by atoms with E-state index in [0.717, 1.165) is 22.3 Å². The van der Waals surface area contributed by atoms with Gasteiger partial charge in [-0.25, -0.2) is 9.59 Å². The number of aliphatic carboxylic acids is 1. The lowest BCUT2D eigenvalue weighted by atomic mass is 9.98. The van der Waals surface area contributed by atoms with Gasteiger partial charge in [-0.1, -0.05) is 48.5 Å². The highest BCUT2D eigenvalue weighted by molar-refractivity contribution is 7.98. The van der Waals surface area contributed by atoms with Crippen LogP contribution in [0.1, 0.15) is 23.5 Å². The van der Waals surface area contributed by atoms with E-state index in [-0.39, 0.29) is 19.1 Å². The minimum absolute atomic E-state index is 0.0718. The molecule has 2 aromatic rings. The molecule has 8 nitrogen and oxygen atoms in total. The fourth-order valence-electron chi connectivity index (χ4n) is 3.87. The maximum atomic E-state index is 12.4. The second-order valence-corrected chi connectivity index (χ2v) is 8.60. The van der Waals surface area contributed by atoms with Crippen molar-refractivity contribution < 1.29 is 29.0 Å². The first-order chi connectivity index (χ1) is 16.0. The number of carbonyl (C=O) groups is 3. The summed E-state index contributed by atoms with van der Waals surface area (Å²) in [6.07, 6.45) is 0.431. The van der Waals surface area contributed by atoms with Crippen molar-refractivity contribution in [1.29, 1.82) is 0 Å². The van der Waals surface area contributed by atoms with E-state index in [1.807, 2.05) is 42.7 Å². The third kappa shape index (κ3) is 6.06. The van der Waals surface area contributed by atoms with Gasteiger partial charge in [-0.15, -0.1) is 0 Å². The van der Waals surface area contributed by atoms with Crippen molar-refractivity contribution in [3.05, 3.63) is 59.7 Å². The molecule has 2 atom stereocenters. The smallest absolute Gasteiger partial charge is 0.407 e. The molecule has 1 unspecified atom stereocenters. The summed E-state index contributed by atoms with van der Waals surface area (Å²) in [6, 6.07) is 15.0. The SMILES string of the molecule is COC(CNC(=O)OCC1c2ccccc2-c2ccccc21)C(=O)N[C@H](CCSC)C(=O)O. The van der Waals surface area contributed by atoms with Gasteiger partial charge in [0.2, 0.25) is 0 Å². The summed E-state index contributed by atoms with van der Waals surface area (Å²) >= 11 is 1.49. The molecule has 0 saturated heterocycles. The van der Waals surface area contributed by atoms with Crippen LogP contribution in [0.4, 0.5) is 4.79 Å². The molecule has 0 aliphatic heterocycles. The van der Waals surface area contributed by atoms with E-state index >= 15 is 0 Å². The summed E-state index contributed by atoms with van der Waals surface area (Å²) in [4.78, 5) is 36.1. The first-order valence-corrected chi connectivity index (χ1v) is 12.0. The van der Waals surface area contributed by atoms with Crippen LogP contribution in [0.3, 0.4) is 0 Å². The van der Waals surface area contributed by atoms with Crippen LogP contribution < -0.4 is 10.6 Å². The third-order valence-corrected chi connectivity index (χ3v) is 6.22. The van der Waals surface area contributed by atoms with Gasteiger partial charge >= 0.3 is 12.1 Å². The number of amides is 2. The van der Waals surface area contributed by atoms with Gasteiger partial charge in [0, 0.05) is 13.0 Å². The van der Waals surface area contributed by atoms with Gasteiger partial charge in [-0.05, 0) is 40.7 Å². The van der Waals surface area contributed by atoms with E-state index in [0.29, 0.717) is 12.2 Å². The van der Waals surface area contributed by atoms with Gasteiger partial charge in [0.15, 0.2) is 6.10 Å². The normalized spacial score (nSPS) is 14.0. The molecule has 2 aromatic carbocycles. The number of benzene rings is 2. The largest absolute Gasteiger partial charge is 0.480 e. The van der Waals surface area contributed by atoms with Crippen molar-refractivity contribution in [1.82, 2.24) is 10.6 Å². The molecule has 0 heterocycles. The molecule has 0 saturated carbocycles. The quantitative estimate of drug-likeness (QED) is 0.461. The van der Waals surface area contributed by atoms with Crippen molar-refractivity contribution in [2.24, 2.45) is 0 Å².